The number of rotatable bonds is 7. The minimum Gasteiger partial charge on any atom is -0.301 e. The van der Waals surface area contributed by atoms with Crippen molar-refractivity contribution in [2.24, 2.45) is 0 Å². The van der Waals surface area contributed by atoms with Crippen LogP contribution in [-0.2, 0) is 24.2 Å². The van der Waals surface area contributed by atoms with E-state index in [0.29, 0.717) is 22.1 Å². The summed E-state index contributed by atoms with van der Waals surface area (Å²) in [5.41, 5.74) is 2.88. The van der Waals surface area contributed by atoms with Gasteiger partial charge in [-0.2, -0.15) is 0 Å². The summed E-state index contributed by atoms with van der Waals surface area (Å²) in [7, 11) is 0. The van der Waals surface area contributed by atoms with E-state index < -0.39 is 0 Å². The number of para-hydroxylation sites is 1. The number of thioether (sulfide) groups is 2. The maximum atomic E-state index is 13.3. The van der Waals surface area contributed by atoms with Gasteiger partial charge in [0.1, 0.15) is 0 Å². The highest BCUT2D eigenvalue weighted by Crippen LogP contribution is 2.34. The van der Waals surface area contributed by atoms with E-state index in [4.69, 9.17) is 4.98 Å². The van der Waals surface area contributed by atoms with Crippen molar-refractivity contribution in [1.29, 1.82) is 0 Å². The Morgan fingerprint density at radius 3 is 2.76 bits per heavy atom. The van der Waals surface area contributed by atoms with Crippen LogP contribution in [-0.4, -0.2) is 31.4 Å². The first-order valence-electron chi connectivity index (χ1n) is 10.7. The van der Waals surface area contributed by atoms with Gasteiger partial charge in [0.15, 0.2) is 10.3 Å². The molecule has 33 heavy (non-hydrogen) atoms. The van der Waals surface area contributed by atoms with Gasteiger partial charge in [0, 0.05) is 18.2 Å². The molecular formula is C24H22N4O2S3. The van der Waals surface area contributed by atoms with E-state index in [9.17, 15) is 9.59 Å². The second kappa shape index (κ2) is 9.70. The minimum absolute atomic E-state index is 0.000590. The Bertz CT molecular complexity index is 1330. The molecule has 0 saturated heterocycles. The lowest BCUT2D eigenvalue weighted by Crippen LogP contribution is -2.27. The Labute approximate surface area is 203 Å². The molecule has 2 aromatic carbocycles. The van der Waals surface area contributed by atoms with Crippen LogP contribution in [0.2, 0.25) is 0 Å². The Morgan fingerprint density at radius 1 is 1.15 bits per heavy atom. The highest BCUT2D eigenvalue weighted by atomic mass is 32.2. The molecule has 0 saturated carbocycles. The molecule has 0 unspecified atom stereocenters. The summed E-state index contributed by atoms with van der Waals surface area (Å²) in [6, 6.07) is 17.9. The van der Waals surface area contributed by atoms with Gasteiger partial charge in [-0.15, -0.1) is 11.8 Å². The fourth-order valence-corrected chi connectivity index (χ4v) is 6.57. The molecule has 0 spiro atoms. The Balaban J connectivity index is 1.33. The van der Waals surface area contributed by atoms with Gasteiger partial charge in [-0.05, 0) is 24.1 Å². The van der Waals surface area contributed by atoms with E-state index in [2.05, 4.69) is 29.4 Å². The quantitative estimate of drug-likeness (QED) is 0.292. The molecular weight excluding hydrogens is 472 g/mol. The highest BCUT2D eigenvalue weighted by Gasteiger charge is 2.26. The standard InChI is InChI=1S/C24H22N4O2S3/c1-15-13-18-21(32-15)22(30)28(12-11-16-7-3-2-4-8-16)24(26-18)31-14-20(29)27-23-25-17-9-5-6-10-19(17)33-23/h2-10,15H,11-14H2,1H3,(H,25,27,29)/t15-/m1/s1. The Morgan fingerprint density at radius 2 is 1.94 bits per heavy atom. The summed E-state index contributed by atoms with van der Waals surface area (Å²) in [6.45, 7) is 2.64. The number of amides is 1. The fraction of sp³-hybridized carbons (Fsp3) is 0.250. The molecule has 1 atom stereocenters. The molecule has 1 N–H and O–H groups in total. The van der Waals surface area contributed by atoms with Crippen molar-refractivity contribution in [3.63, 3.8) is 0 Å². The van der Waals surface area contributed by atoms with E-state index in [1.54, 1.807) is 16.3 Å². The molecule has 9 heteroatoms. The predicted octanol–water partition coefficient (Wildman–Crippen LogP) is 4.86. The second-order valence-electron chi connectivity index (χ2n) is 7.82. The Kier molecular flexibility index (Phi) is 6.52. The zero-order chi connectivity index (χ0) is 22.8. The minimum atomic E-state index is -0.161. The van der Waals surface area contributed by atoms with Crippen LogP contribution in [0.5, 0.6) is 0 Å². The summed E-state index contributed by atoms with van der Waals surface area (Å²) in [6.07, 6.45) is 1.51. The maximum Gasteiger partial charge on any atom is 0.268 e. The lowest BCUT2D eigenvalue weighted by molar-refractivity contribution is -0.113. The van der Waals surface area contributed by atoms with Gasteiger partial charge >= 0.3 is 0 Å². The lowest BCUT2D eigenvalue weighted by atomic mass is 10.1. The van der Waals surface area contributed by atoms with Gasteiger partial charge in [-0.1, -0.05) is 72.5 Å². The fourth-order valence-electron chi connectivity index (χ4n) is 3.74. The number of fused-ring (bicyclic) bond motifs is 2. The predicted molar refractivity (Wildman–Crippen MR) is 137 cm³/mol. The summed E-state index contributed by atoms with van der Waals surface area (Å²) in [5, 5.41) is 4.40. The van der Waals surface area contributed by atoms with Crippen molar-refractivity contribution in [2.45, 2.75) is 41.6 Å². The Hall–Kier alpha value is -2.62. The van der Waals surface area contributed by atoms with Gasteiger partial charge in [-0.3, -0.25) is 14.2 Å². The summed E-state index contributed by atoms with van der Waals surface area (Å²) >= 11 is 4.35. The van der Waals surface area contributed by atoms with Crippen molar-refractivity contribution >= 4 is 56.1 Å². The molecule has 5 rings (SSSR count). The van der Waals surface area contributed by atoms with E-state index in [1.165, 1.54) is 23.1 Å². The van der Waals surface area contributed by atoms with Crippen LogP contribution in [0.15, 0.2) is 69.4 Å². The zero-order valence-corrected chi connectivity index (χ0v) is 20.4. The summed E-state index contributed by atoms with van der Waals surface area (Å²) in [4.78, 5) is 35.9. The first-order chi connectivity index (χ1) is 16.1. The van der Waals surface area contributed by atoms with Gasteiger partial charge in [-0.25, -0.2) is 9.97 Å². The monoisotopic (exact) mass is 494 g/mol. The van der Waals surface area contributed by atoms with Crippen molar-refractivity contribution in [2.75, 3.05) is 11.1 Å². The number of aromatic nitrogens is 3. The number of thiazole rings is 1. The topological polar surface area (TPSA) is 76.9 Å². The number of anilines is 1. The number of hydrogen-bond donors (Lipinski definition) is 1. The third-order valence-electron chi connectivity index (χ3n) is 5.30. The molecule has 3 heterocycles. The van der Waals surface area contributed by atoms with Gasteiger partial charge < -0.3 is 5.32 Å². The van der Waals surface area contributed by atoms with E-state index in [1.807, 2.05) is 42.5 Å². The van der Waals surface area contributed by atoms with Crippen molar-refractivity contribution in [1.82, 2.24) is 14.5 Å². The largest absolute Gasteiger partial charge is 0.301 e. The molecule has 6 nitrogen and oxygen atoms in total. The molecule has 4 aromatic rings. The molecule has 1 aliphatic rings. The first kappa shape index (κ1) is 22.2. The molecule has 0 bridgehead atoms. The van der Waals surface area contributed by atoms with E-state index in [-0.39, 0.29) is 17.2 Å². The first-order valence-corrected chi connectivity index (χ1v) is 13.4. The number of hydrogen-bond acceptors (Lipinski definition) is 7. The van der Waals surface area contributed by atoms with Gasteiger partial charge in [0.2, 0.25) is 5.91 Å². The molecule has 1 amide bonds. The van der Waals surface area contributed by atoms with Crippen LogP contribution >= 0.6 is 34.9 Å². The third kappa shape index (κ3) is 5.00. The summed E-state index contributed by atoms with van der Waals surface area (Å²) < 4.78 is 2.76. The number of carbonyl (C=O) groups is 1. The van der Waals surface area contributed by atoms with Gasteiger partial charge in [0.05, 0.1) is 26.6 Å². The number of aryl methyl sites for hydroxylation is 1. The average molecular weight is 495 g/mol. The SMILES string of the molecule is C[C@@H]1Cc2nc(SCC(=O)Nc3nc4ccccc4s3)n(CCc3ccccc3)c(=O)c2S1. The number of benzene rings is 2. The van der Waals surface area contributed by atoms with E-state index >= 15 is 0 Å². The average Bonchev–Trinajstić information content (AvgIpc) is 3.40. The molecule has 1 aliphatic heterocycles. The molecule has 0 fully saturated rings. The highest BCUT2D eigenvalue weighted by molar-refractivity contribution is 8.00. The molecule has 0 radical (unpaired) electrons. The van der Waals surface area contributed by atoms with Crippen LogP contribution in [0.1, 0.15) is 18.2 Å². The molecule has 2 aromatic heterocycles. The number of nitrogens with zero attached hydrogens (tertiary/aromatic N) is 3. The smallest absolute Gasteiger partial charge is 0.268 e. The normalized spacial score (nSPS) is 15.0. The summed E-state index contributed by atoms with van der Waals surface area (Å²) in [5.74, 6) is 0.000924. The number of nitrogens with one attached hydrogen (secondary N) is 1. The van der Waals surface area contributed by atoms with Crippen LogP contribution in [0.3, 0.4) is 0 Å². The van der Waals surface area contributed by atoms with E-state index in [0.717, 1.165) is 39.2 Å². The van der Waals surface area contributed by atoms with Crippen LogP contribution in [0.4, 0.5) is 5.13 Å². The molecule has 168 valence electrons. The van der Waals surface area contributed by atoms with Crippen molar-refractivity contribution in [3.05, 3.63) is 76.2 Å². The number of carbonyl (C=O) groups excluding carboxylic acids is 1. The van der Waals surface area contributed by atoms with Gasteiger partial charge in [0.25, 0.3) is 5.56 Å². The van der Waals surface area contributed by atoms with Crippen molar-refractivity contribution < 1.29 is 4.79 Å². The second-order valence-corrected chi connectivity index (χ2v) is 11.2. The third-order valence-corrected chi connectivity index (χ3v) is 8.45. The van der Waals surface area contributed by atoms with Crippen LogP contribution in [0, 0.1) is 0 Å². The van der Waals surface area contributed by atoms with Crippen LogP contribution < -0.4 is 10.9 Å². The maximum absolute atomic E-state index is 13.3. The van der Waals surface area contributed by atoms with Crippen molar-refractivity contribution in [3.8, 4) is 0 Å². The zero-order valence-electron chi connectivity index (χ0n) is 18.0. The molecule has 0 aliphatic carbocycles. The lowest BCUT2D eigenvalue weighted by Gasteiger charge is -2.13. The van der Waals surface area contributed by atoms with Crippen LogP contribution in [0.25, 0.3) is 10.2 Å².